The van der Waals surface area contributed by atoms with E-state index in [0.29, 0.717) is 22.5 Å². The van der Waals surface area contributed by atoms with Gasteiger partial charge in [-0.3, -0.25) is 4.90 Å². The molecule has 0 spiro atoms. The van der Waals surface area contributed by atoms with Gasteiger partial charge in [0, 0.05) is 43.7 Å². The van der Waals surface area contributed by atoms with E-state index in [1.165, 1.54) is 43.2 Å². The summed E-state index contributed by atoms with van der Waals surface area (Å²) in [6.45, 7) is 6.83. The van der Waals surface area contributed by atoms with Crippen molar-refractivity contribution in [3.8, 4) is 0 Å². The lowest BCUT2D eigenvalue weighted by Crippen LogP contribution is -2.60. The highest BCUT2D eigenvalue weighted by molar-refractivity contribution is 7.99. The van der Waals surface area contributed by atoms with Crippen molar-refractivity contribution >= 4 is 47.4 Å². The van der Waals surface area contributed by atoms with Crippen LogP contribution in [-0.2, 0) is 0 Å². The molecule has 25 heavy (non-hydrogen) atoms. The minimum Gasteiger partial charge on any atom is -0.330 e. The molecule has 2 heterocycles. The van der Waals surface area contributed by atoms with Crippen LogP contribution in [0, 0.1) is 0 Å². The van der Waals surface area contributed by atoms with Crippen LogP contribution in [0.3, 0.4) is 0 Å². The van der Waals surface area contributed by atoms with Gasteiger partial charge in [-0.15, -0.1) is 12.4 Å². The fourth-order valence-electron chi connectivity index (χ4n) is 3.68. The first-order valence-electron chi connectivity index (χ1n) is 8.86. The van der Waals surface area contributed by atoms with Crippen molar-refractivity contribution in [2.75, 3.05) is 50.8 Å². The van der Waals surface area contributed by atoms with E-state index in [4.69, 9.17) is 28.9 Å². The van der Waals surface area contributed by atoms with Gasteiger partial charge >= 0.3 is 0 Å². The Morgan fingerprint density at radius 1 is 1.12 bits per heavy atom. The summed E-state index contributed by atoms with van der Waals surface area (Å²) in [6.07, 6.45) is 2.14. The average Bonchev–Trinajstić information content (AvgIpc) is 2.56. The monoisotopic (exact) mass is 423 g/mol. The highest BCUT2D eigenvalue weighted by Crippen LogP contribution is 2.30. The van der Waals surface area contributed by atoms with Crippen LogP contribution in [-0.4, -0.2) is 66.6 Å². The SMILES string of the molecule is Cl.NCC[C@@H](CCN1CC(N2CCSCC2)C1)c1ccc(Cl)c(Cl)c1. The maximum absolute atomic E-state index is 6.18. The molecule has 0 aromatic heterocycles. The first-order valence-corrected chi connectivity index (χ1v) is 10.8. The average molecular weight is 425 g/mol. The number of nitrogens with zero attached hydrogens (tertiary/aromatic N) is 2. The summed E-state index contributed by atoms with van der Waals surface area (Å²) in [5.41, 5.74) is 7.09. The Kier molecular flexibility index (Phi) is 9.17. The first-order chi connectivity index (χ1) is 11.7. The molecule has 3 rings (SSSR count). The van der Waals surface area contributed by atoms with Crippen LogP contribution in [0.25, 0.3) is 0 Å². The Morgan fingerprint density at radius 2 is 1.84 bits per heavy atom. The molecule has 2 saturated heterocycles. The highest BCUT2D eigenvalue weighted by atomic mass is 35.5. The molecular weight excluding hydrogens is 397 g/mol. The Balaban J connectivity index is 0.00000225. The van der Waals surface area contributed by atoms with E-state index in [9.17, 15) is 0 Å². The number of rotatable bonds is 7. The number of halogens is 3. The van der Waals surface area contributed by atoms with Crippen LogP contribution in [0.5, 0.6) is 0 Å². The van der Waals surface area contributed by atoms with E-state index in [2.05, 4.69) is 27.6 Å². The number of hydrogen-bond acceptors (Lipinski definition) is 4. The number of nitrogens with two attached hydrogens (primary N) is 1. The molecule has 1 aromatic rings. The van der Waals surface area contributed by atoms with Gasteiger partial charge in [-0.1, -0.05) is 29.3 Å². The lowest BCUT2D eigenvalue weighted by atomic mass is 9.91. The van der Waals surface area contributed by atoms with E-state index in [1.54, 1.807) is 0 Å². The predicted octanol–water partition coefficient (Wildman–Crippen LogP) is 3.97. The minimum atomic E-state index is 0. The van der Waals surface area contributed by atoms with Crippen LogP contribution in [0.15, 0.2) is 18.2 Å². The van der Waals surface area contributed by atoms with Gasteiger partial charge in [-0.05, 0) is 49.5 Å². The number of thioether (sulfide) groups is 1. The smallest absolute Gasteiger partial charge is 0.0595 e. The van der Waals surface area contributed by atoms with Crippen LogP contribution in [0.2, 0.25) is 10.0 Å². The van der Waals surface area contributed by atoms with E-state index < -0.39 is 0 Å². The summed E-state index contributed by atoms with van der Waals surface area (Å²) in [4.78, 5) is 5.25. The summed E-state index contributed by atoms with van der Waals surface area (Å²) in [5.74, 6) is 3.06. The summed E-state index contributed by atoms with van der Waals surface area (Å²) in [6, 6.07) is 6.79. The predicted molar refractivity (Wildman–Crippen MR) is 114 cm³/mol. The van der Waals surface area contributed by atoms with Crippen molar-refractivity contribution in [1.29, 1.82) is 0 Å². The molecule has 0 saturated carbocycles. The van der Waals surface area contributed by atoms with Crippen LogP contribution in [0.4, 0.5) is 0 Å². The van der Waals surface area contributed by atoms with Crippen molar-refractivity contribution in [2.45, 2.75) is 24.8 Å². The van der Waals surface area contributed by atoms with Gasteiger partial charge in [0.05, 0.1) is 10.0 Å². The Hall–Kier alpha value is 0.320. The van der Waals surface area contributed by atoms with Gasteiger partial charge in [0.25, 0.3) is 0 Å². The number of benzene rings is 1. The standard InChI is InChI=1S/C18H27Cl2N3S.ClH/c19-17-2-1-15(11-18(17)20)14(3-5-21)4-6-22-12-16(13-22)23-7-9-24-10-8-23;/h1-2,11,14,16H,3-10,12-13,21H2;1H/t14-;/m0./s1. The third kappa shape index (κ3) is 5.90. The minimum absolute atomic E-state index is 0. The lowest BCUT2D eigenvalue weighted by molar-refractivity contribution is 0.0378. The van der Waals surface area contributed by atoms with Crippen molar-refractivity contribution in [3.63, 3.8) is 0 Å². The third-order valence-electron chi connectivity index (χ3n) is 5.22. The fourth-order valence-corrected chi connectivity index (χ4v) is 4.92. The zero-order chi connectivity index (χ0) is 16.9. The molecule has 7 heteroatoms. The molecule has 0 unspecified atom stereocenters. The molecule has 1 aromatic carbocycles. The molecule has 2 N–H and O–H groups in total. The van der Waals surface area contributed by atoms with Gasteiger partial charge in [-0.25, -0.2) is 0 Å². The number of hydrogen-bond donors (Lipinski definition) is 1. The highest BCUT2D eigenvalue weighted by Gasteiger charge is 2.32. The van der Waals surface area contributed by atoms with E-state index in [0.717, 1.165) is 25.4 Å². The maximum Gasteiger partial charge on any atom is 0.0595 e. The molecule has 0 aliphatic carbocycles. The van der Waals surface area contributed by atoms with Crippen molar-refractivity contribution < 1.29 is 0 Å². The zero-order valence-corrected chi connectivity index (χ0v) is 17.6. The molecule has 142 valence electrons. The first kappa shape index (κ1) is 21.6. The maximum atomic E-state index is 6.18. The van der Waals surface area contributed by atoms with Crippen molar-refractivity contribution in [1.82, 2.24) is 9.80 Å². The fraction of sp³-hybridized carbons (Fsp3) is 0.667. The quantitative estimate of drug-likeness (QED) is 0.718. The van der Waals surface area contributed by atoms with Gasteiger partial charge in [0.15, 0.2) is 0 Å². The Labute approximate surface area is 172 Å². The molecular formula is C18H28Cl3N3S. The molecule has 0 amide bonds. The van der Waals surface area contributed by atoms with Gasteiger partial charge in [0.2, 0.25) is 0 Å². The van der Waals surface area contributed by atoms with Crippen molar-refractivity contribution in [2.24, 2.45) is 5.73 Å². The van der Waals surface area contributed by atoms with Crippen LogP contribution < -0.4 is 5.73 Å². The summed E-state index contributed by atoms with van der Waals surface area (Å²) in [7, 11) is 0. The van der Waals surface area contributed by atoms with Gasteiger partial charge in [-0.2, -0.15) is 11.8 Å². The van der Waals surface area contributed by atoms with E-state index in [1.807, 2.05) is 12.1 Å². The summed E-state index contributed by atoms with van der Waals surface area (Å²) in [5, 5.41) is 1.26. The third-order valence-corrected chi connectivity index (χ3v) is 6.91. The second-order valence-electron chi connectivity index (χ2n) is 6.80. The molecule has 2 fully saturated rings. The molecule has 2 aliphatic heterocycles. The summed E-state index contributed by atoms with van der Waals surface area (Å²) < 4.78 is 0. The lowest BCUT2D eigenvalue weighted by Gasteiger charge is -2.47. The van der Waals surface area contributed by atoms with E-state index >= 15 is 0 Å². The zero-order valence-electron chi connectivity index (χ0n) is 14.5. The van der Waals surface area contributed by atoms with E-state index in [-0.39, 0.29) is 12.4 Å². The van der Waals surface area contributed by atoms with Gasteiger partial charge in [0.1, 0.15) is 0 Å². The molecule has 1 atom stereocenters. The second-order valence-corrected chi connectivity index (χ2v) is 8.84. The van der Waals surface area contributed by atoms with Crippen LogP contribution in [0.1, 0.15) is 24.3 Å². The Morgan fingerprint density at radius 3 is 2.48 bits per heavy atom. The Bertz CT molecular complexity index is 534. The second kappa shape index (κ2) is 10.6. The molecule has 0 radical (unpaired) electrons. The van der Waals surface area contributed by atoms with Crippen molar-refractivity contribution in [3.05, 3.63) is 33.8 Å². The van der Waals surface area contributed by atoms with Gasteiger partial charge < -0.3 is 10.6 Å². The molecule has 3 nitrogen and oxygen atoms in total. The molecule has 2 aliphatic rings. The molecule has 0 bridgehead atoms. The summed E-state index contributed by atoms with van der Waals surface area (Å²) >= 11 is 14.3. The van der Waals surface area contributed by atoms with Crippen LogP contribution >= 0.6 is 47.4 Å². The number of likely N-dealkylation sites (tertiary alicyclic amines) is 1. The largest absolute Gasteiger partial charge is 0.330 e. The normalized spacial score (nSPS) is 20.8. The topological polar surface area (TPSA) is 32.5 Å².